The summed E-state index contributed by atoms with van der Waals surface area (Å²) in [5.41, 5.74) is 5.19. The number of hydrogen-bond donors (Lipinski definition) is 0. The predicted molar refractivity (Wildman–Crippen MR) is 84.8 cm³/mol. The van der Waals surface area contributed by atoms with Gasteiger partial charge in [-0.2, -0.15) is 0 Å². The van der Waals surface area contributed by atoms with Crippen LogP contribution in [0.15, 0.2) is 59.5 Å². The third kappa shape index (κ3) is 2.21. The van der Waals surface area contributed by atoms with Crippen molar-refractivity contribution < 1.29 is 0 Å². The molecule has 0 aliphatic rings. The van der Waals surface area contributed by atoms with Gasteiger partial charge >= 0.3 is 0 Å². The molecule has 0 fully saturated rings. The number of rotatable bonds is 2. The summed E-state index contributed by atoms with van der Waals surface area (Å²) in [5.74, 6) is 0. The Hall–Kier alpha value is -2.13. The smallest absolute Gasteiger partial charge is 0.257 e. The van der Waals surface area contributed by atoms with Crippen LogP contribution in [0.2, 0.25) is 0 Å². The lowest BCUT2D eigenvalue weighted by molar-refractivity contribution is 1.14. The van der Waals surface area contributed by atoms with Crippen LogP contribution in [0.1, 0.15) is 11.1 Å². The van der Waals surface area contributed by atoms with Crippen molar-refractivity contribution in [2.45, 2.75) is 13.8 Å². The lowest BCUT2D eigenvalue weighted by Gasteiger charge is -2.09. The summed E-state index contributed by atoms with van der Waals surface area (Å²) in [6.07, 6.45) is 1.94. The van der Waals surface area contributed by atoms with Gasteiger partial charge in [0, 0.05) is 6.20 Å². The van der Waals surface area contributed by atoms with E-state index in [1.54, 1.807) is 0 Å². The molecule has 0 atom stereocenters. The van der Waals surface area contributed by atoms with Crippen molar-refractivity contribution in [2.24, 2.45) is 0 Å². The predicted octanol–water partition coefficient (Wildman–Crippen LogP) is 4.18. The van der Waals surface area contributed by atoms with Crippen molar-refractivity contribution in [3.05, 3.63) is 75.4 Å². The molecule has 1 aromatic heterocycles. The first-order chi connectivity index (χ1) is 9.66. The van der Waals surface area contributed by atoms with Gasteiger partial charge in [0.2, 0.25) is 0 Å². The second-order valence-electron chi connectivity index (χ2n) is 4.85. The van der Waals surface area contributed by atoms with Gasteiger partial charge in [0.15, 0.2) is 0 Å². The van der Waals surface area contributed by atoms with Gasteiger partial charge in [0.05, 0.1) is 11.3 Å². The second-order valence-corrected chi connectivity index (χ2v) is 5.80. The first-order valence-electron chi connectivity index (χ1n) is 6.52. The van der Waals surface area contributed by atoms with Gasteiger partial charge < -0.3 is 0 Å². The van der Waals surface area contributed by atoms with Crippen LogP contribution in [0.25, 0.3) is 16.8 Å². The summed E-state index contributed by atoms with van der Waals surface area (Å²) in [7, 11) is 0. The second kappa shape index (κ2) is 5.10. The summed E-state index contributed by atoms with van der Waals surface area (Å²) in [6.45, 7) is 4.14. The van der Waals surface area contributed by atoms with E-state index in [1.807, 2.05) is 46.6 Å². The Morgan fingerprint density at radius 3 is 2.20 bits per heavy atom. The van der Waals surface area contributed by atoms with E-state index < -0.39 is 0 Å². The zero-order chi connectivity index (χ0) is 14.1. The van der Waals surface area contributed by atoms with Crippen LogP contribution in [0.4, 0.5) is 0 Å². The molecule has 0 amide bonds. The zero-order valence-corrected chi connectivity index (χ0v) is 12.3. The van der Waals surface area contributed by atoms with Crippen molar-refractivity contribution in [2.75, 3.05) is 0 Å². The fourth-order valence-corrected chi connectivity index (χ4v) is 3.39. The standard InChI is InChI=1S/C17H15NOS/c1-12-7-6-8-13(2)16(12)18-11-15(17(19)20-18)14-9-4-3-5-10-14/h3-11H,1-2H3. The maximum absolute atomic E-state index is 12.2. The average Bonchev–Trinajstić information content (AvgIpc) is 2.81. The Morgan fingerprint density at radius 1 is 0.900 bits per heavy atom. The Bertz CT molecular complexity index is 779. The topological polar surface area (TPSA) is 22.0 Å². The summed E-state index contributed by atoms with van der Waals surface area (Å²) >= 11 is 1.25. The normalized spacial score (nSPS) is 10.7. The molecular formula is C17H15NOS. The molecule has 20 heavy (non-hydrogen) atoms. The molecule has 0 bridgehead atoms. The van der Waals surface area contributed by atoms with E-state index in [2.05, 4.69) is 26.0 Å². The van der Waals surface area contributed by atoms with Crippen LogP contribution in [0.3, 0.4) is 0 Å². The molecule has 0 saturated heterocycles. The van der Waals surface area contributed by atoms with E-state index in [0.29, 0.717) is 0 Å². The summed E-state index contributed by atoms with van der Waals surface area (Å²) in [5, 5.41) is 0. The Morgan fingerprint density at radius 2 is 1.55 bits per heavy atom. The van der Waals surface area contributed by atoms with Crippen molar-refractivity contribution in [3.63, 3.8) is 0 Å². The first-order valence-corrected chi connectivity index (χ1v) is 7.29. The van der Waals surface area contributed by atoms with Crippen molar-refractivity contribution >= 4 is 11.5 Å². The Labute approximate surface area is 122 Å². The molecule has 0 aliphatic carbocycles. The molecule has 0 N–H and O–H groups in total. The molecule has 0 aliphatic heterocycles. The van der Waals surface area contributed by atoms with Gasteiger partial charge in [0.25, 0.3) is 4.74 Å². The maximum Gasteiger partial charge on any atom is 0.257 e. The van der Waals surface area contributed by atoms with E-state index >= 15 is 0 Å². The van der Waals surface area contributed by atoms with Crippen molar-refractivity contribution in [1.82, 2.24) is 3.96 Å². The van der Waals surface area contributed by atoms with Gasteiger partial charge in [-0.05, 0) is 42.1 Å². The van der Waals surface area contributed by atoms with E-state index in [4.69, 9.17) is 0 Å². The molecule has 0 unspecified atom stereocenters. The van der Waals surface area contributed by atoms with Crippen LogP contribution in [-0.4, -0.2) is 3.96 Å². The highest BCUT2D eigenvalue weighted by atomic mass is 32.1. The highest BCUT2D eigenvalue weighted by Gasteiger charge is 2.11. The number of nitrogens with zero attached hydrogens (tertiary/aromatic N) is 1. The third-order valence-electron chi connectivity index (χ3n) is 3.39. The quantitative estimate of drug-likeness (QED) is 0.690. The Kier molecular flexibility index (Phi) is 3.28. The number of benzene rings is 2. The van der Waals surface area contributed by atoms with Crippen LogP contribution < -0.4 is 4.74 Å². The molecule has 100 valence electrons. The van der Waals surface area contributed by atoms with Crippen LogP contribution in [0.5, 0.6) is 0 Å². The summed E-state index contributed by atoms with van der Waals surface area (Å²) in [6, 6.07) is 16.0. The van der Waals surface area contributed by atoms with Gasteiger partial charge in [-0.3, -0.25) is 8.75 Å². The number of aryl methyl sites for hydroxylation is 2. The fraction of sp³-hybridized carbons (Fsp3) is 0.118. The monoisotopic (exact) mass is 281 g/mol. The lowest BCUT2D eigenvalue weighted by atomic mass is 10.1. The summed E-state index contributed by atoms with van der Waals surface area (Å²) < 4.78 is 2.08. The molecule has 0 saturated carbocycles. The minimum Gasteiger partial charge on any atom is -0.276 e. The zero-order valence-electron chi connectivity index (χ0n) is 11.5. The number of para-hydroxylation sites is 1. The van der Waals surface area contributed by atoms with E-state index in [-0.39, 0.29) is 4.74 Å². The fourth-order valence-electron chi connectivity index (χ4n) is 2.41. The van der Waals surface area contributed by atoms with Gasteiger partial charge in [0.1, 0.15) is 0 Å². The molecule has 0 spiro atoms. The van der Waals surface area contributed by atoms with Crippen molar-refractivity contribution in [3.8, 4) is 16.8 Å². The molecule has 3 aromatic rings. The molecule has 3 heteroatoms. The average molecular weight is 281 g/mol. The number of aromatic nitrogens is 1. The molecule has 0 radical (unpaired) electrons. The molecule has 2 nitrogen and oxygen atoms in total. The van der Waals surface area contributed by atoms with E-state index in [1.165, 1.54) is 22.7 Å². The Balaban J connectivity index is 2.17. The van der Waals surface area contributed by atoms with Crippen LogP contribution >= 0.6 is 11.5 Å². The van der Waals surface area contributed by atoms with Crippen LogP contribution in [0, 0.1) is 13.8 Å². The van der Waals surface area contributed by atoms with E-state index in [9.17, 15) is 4.79 Å². The first kappa shape index (κ1) is 12.9. The van der Waals surface area contributed by atoms with E-state index in [0.717, 1.165) is 16.8 Å². The number of hydrogen-bond acceptors (Lipinski definition) is 2. The van der Waals surface area contributed by atoms with Gasteiger partial charge in [-0.25, -0.2) is 0 Å². The third-order valence-corrected chi connectivity index (χ3v) is 4.26. The molecule has 1 heterocycles. The lowest BCUT2D eigenvalue weighted by Crippen LogP contribution is -1.95. The van der Waals surface area contributed by atoms with Crippen molar-refractivity contribution in [1.29, 1.82) is 0 Å². The highest BCUT2D eigenvalue weighted by Crippen LogP contribution is 2.24. The van der Waals surface area contributed by atoms with Gasteiger partial charge in [-0.1, -0.05) is 48.5 Å². The maximum atomic E-state index is 12.2. The summed E-state index contributed by atoms with van der Waals surface area (Å²) in [4.78, 5) is 12.2. The molecule has 3 rings (SSSR count). The van der Waals surface area contributed by atoms with Crippen LogP contribution in [-0.2, 0) is 0 Å². The minimum atomic E-state index is 0.0962. The SMILES string of the molecule is Cc1cccc(C)c1-n1cc(-c2ccccc2)c(=O)s1. The minimum absolute atomic E-state index is 0.0962. The molecule has 2 aromatic carbocycles. The largest absolute Gasteiger partial charge is 0.276 e. The highest BCUT2D eigenvalue weighted by molar-refractivity contribution is 7.04. The van der Waals surface area contributed by atoms with Gasteiger partial charge in [-0.15, -0.1) is 0 Å². The molecular weight excluding hydrogens is 266 g/mol.